The first-order valence-electron chi connectivity index (χ1n) is 8.17. The molecule has 0 spiro atoms. The van der Waals surface area contributed by atoms with E-state index in [4.69, 9.17) is 32.7 Å². The van der Waals surface area contributed by atoms with Crippen molar-refractivity contribution in [2.75, 3.05) is 12.4 Å². The topological polar surface area (TPSA) is 30.5 Å². The predicted octanol–water partition coefficient (Wildman–Crippen LogP) is 6.19. The monoisotopic (exact) mass is 387 g/mol. The fourth-order valence-electron chi connectivity index (χ4n) is 2.41. The Hall–Kier alpha value is -2.36. The van der Waals surface area contributed by atoms with Crippen molar-refractivity contribution >= 4 is 28.9 Å². The van der Waals surface area contributed by atoms with Crippen molar-refractivity contribution < 1.29 is 9.47 Å². The Kier molecular flexibility index (Phi) is 6.26. The molecule has 1 N–H and O–H groups in total. The summed E-state index contributed by atoms with van der Waals surface area (Å²) >= 11 is 11.9. The minimum atomic E-state index is 0.445. The zero-order chi connectivity index (χ0) is 18.4. The summed E-state index contributed by atoms with van der Waals surface area (Å²) in [7, 11) is 1.66. The van der Waals surface area contributed by atoms with Crippen LogP contribution in [-0.4, -0.2) is 7.11 Å². The number of anilines is 1. The van der Waals surface area contributed by atoms with Gasteiger partial charge in [0.1, 0.15) is 18.1 Å². The Labute approximate surface area is 163 Å². The Morgan fingerprint density at radius 2 is 1.42 bits per heavy atom. The van der Waals surface area contributed by atoms with E-state index in [1.807, 2.05) is 60.7 Å². The number of ether oxygens (including phenoxy) is 2. The fraction of sp³-hybridized carbons (Fsp3) is 0.143. The van der Waals surface area contributed by atoms with Gasteiger partial charge in [0.2, 0.25) is 0 Å². The highest BCUT2D eigenvalue weighted by Gasteiger charge is 2.02. The minimum absolute atomic E-state index is 0.445. The lowest BCUT2D eigenvalue weighted by Crippen LogP contribution is -2.00. The Balaban J connectivity index is 1.51. The van der Waals surface area contributed by atoms with Gasteiger partial charge in [0.05, 0.1) is 17.2 Å². The van der Waals surface area contributed by atoms with Crippen molar-refractivity contribution in [2.45, 2.75) is 13.2 Å². The minimum Gasteiger partial charge on any atom is -0.497 e. The van der Waals surface area contributed by atoms with Crippen molar-refractivity contribution in [1.82, 2.24) is 0 Å². The highest BCUT2D eigenvalue weighted by atomic mass is 35.5. The van der Waals surface area contributed by atoms with Crippen LogP contribution in [0.15, 0.2) is 66.7 Å². The predicted molar refractivity (Wildman–Crippen MR) is 108 cm³/mol. The summed E-state index contributed by atoms with van der Waals surface area (Å²) in [6.07, 6.45) is 0. The molecule has 0 unspecified atom stereocenters. The molecule has 3 rings (SSSR count). The van der Waals surface area contributed by atoms with Crippen LogP contribution in [0.5, 0.6) is 11.5 Å². The molecular formula is C21H19Cl2NO2. The summed E-state index contributed by atoms with van der Waals surface area (Å²) in [6, 6.07) is 21.4. The van der Waals surface area contributed by atoms with Gasteiger partial charge >= 0.3 is 0 Å². The molecule has 0 aliphatic carbocycles. The Morgan fingerprint density at radius 3 is 2.08 bits per heavy atom. The molecule has 0 saturated carbocycles. The van der Waals surface area contributed by atoms with Crippen molar-refractivity contribution in [3.63, 3.8) is 0 Å². The second-order valence-corrected chi connectivity index (χ2v) is 6.58. The summed E-state index contributed by atoms with van der Waals surface area (Å²) in [5.74, 6) is 1.66. The third-order valence-electron chi connectivity index (χ3n) is 3.90. The highest BCUT2D eigenvalue weighted by molar-refractivity contribution is 6.42. The van der Waals surface area contributed by atoms with Crippen LogP contribution in [0.4, 0.5) is 5.69 Å². The lowest BCUT2D eigenvalue weighted by Gasteiger charge is -2.10. The first-order valence-corrected chi connectivity index (χ1v) is 8.93. The average molecular weight is 388 g/mol. The quantitative estimate of drug-likeness (QED) is 0.523. The third kappa shape index (κ3) is 5.07. The van der Waals surface area contributed by atoms with Crippen LogP contribution in [0.3, 0.4) is 0 Å². The largest absolute Gasteiger partial charge is 0.497 e. The fourth-order valence-corrected chi connectivity index (χ4v) is 2.73. The van der Waals surface area contributed by atoms with Gasteiger partial charge in [-0.05, 0) is 59.7 Å². The number of nitrogens with one attached hydrogen (secondary N) is 1. The van der Waals surface area contributed by atoms with E-state index in [-0.39, 0.29) is 0 Å². The average Bonchev–Trinajstić information content (AvgIpc) is 2.68. The van der Waals surface area contributed by atoms with Crippen LogP contribution < -0.4 is 14.8 Å². The number of methoxy groups -OCH3 is 1. The molecule has 0 aliphatic rings. The normalized spacial score (nSPS) is 10.4. The molecule has 134 valence electrons. The van der Waals surface area contributed by atoms with Gasteiger partial charge in [-0.25, -0.2) is 0 Å². The lowest BCUT2D eigenvalue weighted by atomic mass is 10.2. The molecule has 26 heavy (non-hydrogen) atoms. The van der Waals surface area contributed by atoms with Crippen molar-refractivity contribution in [2.24, 2.45) is 0 Å². The number of hydrogen-bond donors (Lipinski definition) is 1. The maximum atomic E-state index is 6.02. The van der Waals surface area contributed by atoms with E-state index >= 15 is 0 Å². The van der Waals surface area contributed by atoms with Gasteiger partial charge in [-0.15, -0.1) is 0 Å². The lowest BCUT2D eigenvalue weighted by molar-refractivity contribution is 0.306. The molecule has 3 nitrogen and oxygen atoms in total. The number of halogens is 2. The summed E-state index contributed by atoms with van der Waals surface area (Å²) in [4.78, 5) is 0. The molecular weight excluding hydrogens is 369 g/mol. The van der Waals surface area contributed by atoms with Crippen molar-refractivity contribution in [1.29, 1.82) is 0 Å². The van der Waals surface area contributed by atoms with E-state index in [9.17, 15) is 0 Å². The van der Waals surface area contributed by atoms with Gasteiger partial charge in [0, 0.05) is 12.2 Å². The molecule has 0 aromatic heterocycles. The van der Waals surface area contributed by atoms with Gasteiger partial charge in [0.15, 0.2) is 0 Å². The van der Waals surface area contributed by atoms with E-state index in [1.54, 1.807) is 13.2 Å². The van der Waals surface area contributed by atoms with E-state index < -0.39 is 0 Å². The standard InChI is InChI=1S/C21H19Cl2NO2/c1-25-18-9-5-17(6-10-18)24-13-15-2-7-19(8-3-15)26-14-16-4-11-20(22)21(23)12-16/h2-12,24H,13-14H2,1H3. The number of rotatable bonds is 7. The Morgan fingerprint density at radius 1 is 0.769 bits per heavy atom. The molecule has 0 atom stereocenters. The van der Waals surface area contributed by atoms with Gasteiger partial charge in [0.25, 0.3) is 0 Å². The van der Waals surface area contributed by atoms with Gasteiger partial charge in [-0.2, -0.15) is 0 Å². The maximum Gasteiger partial charge on any atom is 0.119 e. The number of hydrogen-bond acceptors (Lipinski definition) is 3. The zero-order valence-corrected chi connectivity index (χ0v) is 15.8. The van der Waals surface area contributed by atoms with Crippen LogP contribution in [0.1, 0.15) is 11.1 Å². The SMILES string of the molecule is COc1ccc(NCc2ccc(OCc3ccc(Cl)c(Cl)c3)cc2)cc1. The second-order valence-electron chi connectivity index (χ2n) is 5.76. The molecule has 0 saturated heterocycles. The smallest absolute Gasteiger partial charge is 0.119 e. The van der Waals surface area contributed by atoms with E-state index in [0.29, 0.717) is 16.7 Å². The first kappa shape index (κ1) is 18.4. The van der Waals surface area contributed by atoms with Crippen molar-refractivity contribution in [3.8, 4) is 11.5 Å². The van der Waals surface area contributed by atoms with Crippen LogP contribution in [0.25, 0.3) is 0 Å². The highest BCUT2D eigenvalue weighted by Crippen LogP contribution is 2.23. The van der Waals surface area contributed by atoms with Crippen LogP contribution in [-0.2, 0) is 13.2 Å². The molecule has 0 heterocycles. The molecule has 0 amide bonds. The molecule has 3 aromatic carbocycles. The number of benzene rings is 3. The van der Waals surface area contributed by atoms with E-state index in [1.165, 1.54) is 5.56 Å². The molecule has 3 aromatic rings. The Bertz CT molecular complexity index is 849. The molecule has 0 bridgehead atoms. The molecule has 0 fully saturated rings. The maximum absolute atomic E-state index is 6.02. The van der Waals surface area contributed by atoms with E-state index in [2.05, 4.69) is 5.32 Å². The van der Waals surface area contributed by atoms with Crippen LogP contribution in [0.2, 0.25) is 10.0 Å². The van der Waals surface area contributed by atoms with Crippen molar-refractivity contribution in [3.05, 3.63) is 87.9 Å². The molecule has 5 heteroatoms. The van der Waals surface area contributed by atoms with Gasteiger partial charge in [-0.1, -0.05) is 41.4 Å². The second kappa shape index (κ2) is 8.84. The summed E-state index contributed by atoms with van der Waals surface area (Å²) < 4.78 is 11.0. The summed E-state index contributed by atoms with van der Waals surface area (Å²) in [6.45, 7) is 1.18. The van der Waals surface area contributed by atoms with E-state index in [0.717, 1.165) is 29.3 Å². The van der Waals surface area contributed by atoms with Crippen LogP contribution >= 0.6 is 23.2 Å². The summed E-state index contributed by atoms with van der Waals surface area (Å²) in [5, 5.41) is 4.46. The van der Waals surface area contributed by atoms with Gasteiger partial charge < -0.3 is 14.8 Å². The molecule has 0 radical (unpaired) electrons. The van der Waals surface area contributed by atoms with Crippen LogP contribution in [0, 0.1) is 0 Å². The third-order valence-corrected chi connectivity index (χ3v) is 4.64. The zero-order valence-electron chi connectivity index (χ0n) is 14.3. The first-order chi connectivity index (χ1) is 12.6. The molecule has 0 aliphatic heterocycles. The summed E-state index contributed by atoms with van der Waals surface area (Å²) in [5.41, 5.74) is 3.19. The van der Waals surface area contributed by atoms with Gasteiger partial charge in [-0.3, -0.25) is 0 Å².